The second-order valence-electron chi connectivity index (χ2n) is 6.55. The Kier molecular flexibility index (Phi) is 4.66. The molecule has 0 unspecified atom stereocenters. The molecule has 4 rings (SSSR count). The van der Waals surface area contributed by atoms with Crippen LogP contribution < -0.4 is 10.6 Å². The first-order valence-electron chi connectivity index (χ1n) is 8.94. The predicted molar refractivity (Wildman–Crippen MR) is 105 cm³/mol. The van der Waals surface area contributed by atoms with Gasteiger partial charge in [-0.15, -0.1) is 0 Å². The Hall–Kier alpha value is -3.47. The summed E-state index contributed by atoms with van der Waals surface area (Å²) in [5.74, 6) is -0.309. The fraction of sp³-hybridized carbons (Fsp3) is 0.136. The molecule has 27 heavy (non-hydrogen) atoms. The summed E-state index contributed by atoms with van der Waals surface area (Å²) in [6, 6.07) is 22.2. The minimum atomic E-state index is -0.261. The van der Waals surface area contributed by atoms with Crippen LogP contribution in [-0.4, -0.2) is 22.8 Å². The maximum atomic E-state index is 12.4. The number of aromatic nitrogens is 1. The molecule has 1 fully saturated rings. The third-order valence-electron chi connectivity index (χ3n) is 4.37. The van der Waals surface area contributed by atoms with Crippen LogP contribution in [0.1, 0.15) is 33.7 Å². The van der Waals surface area contributed by atoms with E-state index in [1.54, 1.807) is 24.3 Å². The van der Waals surface area contributed by atoms with Gasteiger partial charge in [0.25, 0.3) is 11.8 Å². The number of nitrogens with one attached hydrogen (secondary N) is 2. The van der Waals surface area contributed by atoms with Gasteiger partial charge < -0.3 is 10.6 Å². The predicted octanol–water partition coefficient (Wildman–Crippen LogP) is 3.89. The zero-order valence-electron chi connectivity index (χ0n) is 14.7. The zero-order valence-corrected chi connectivity index (χ0v) is 14.7. The highest BCUT2D eigenvalue weighted by Crippen LogP contribution is 2.21. The number of pyridine rings is 1. The smallest absolute Gasteiger partial charge is 0.274 e. The lowest BCUT2D eigenvalue weighted by molar-refractivity contribution is 0.0950. The maximum absolute atomic E-state index is 12.4. The molecular weight excluding hydrogens is 338 g/mol. The van der Waals surface area contributed by atoms with E-state index >= 15 is 0 Å². The fourth-order valence-electron chi connectivity index (χ4n) is 2.73. The minimum Gasteiger partial charge on any atom is -0.349 e. The molecule has 134 valence electrons. The topological polar surface area (TPSA) is 71.1 Å². The highest BCUT2D eigenvalue weighted by molar-refractivity contribution is 6.03. The molecule has 2 N–H and O–H groups in total. The van der Waals surface area contributed by atoms with Gasteiger partial charge in [-0.1, -0.05) is 36.4 Å². The number of carbonyl (C=O) groups is 2. The SMILES string of the molecule is O=C(NC1CC1)c1ccc(-c2cccc(C(=O)Nc3ccccc3)n2)cc1. The van der Waals surface area contributed by atoms with Gasteiger partial charge in [0.2, 0.25) is 0 Å². The van der Waals surface area contributed by atoms with Crippen LogP contribution >= 0.6 is 0 Å². The molecule has 0 saturated heterocycles. The normalized spacial score (nSPS) is 13.0. The van der Waals surface area contributed by atoms with Crippen LogP contribution in [0.3, 0.4) is 0 Å². The number of hydrogen-bond donors (Lipinski definition) is 2. The highest BCUT2D eigenvalue weighted by atomic mass is 16.2. The summed E-state index contributed by atoms with van der Waals surface area (Å²) in [5.41, 5.74) is 3.23. The van der Waals surface area contributed by atoms with Gasteiger partial charge in [-0.2, -0.15) is 0 Å². The van der Waals surface area contributed by atoms with E-state index in [-0.39, 0.29) is 11.8 Å². The monoisotopic (exact) mass is 357 g/mol. The minimum absolute atomic E-state index is 0.0481. The quantitative estimate of drug-likeness (QED) is 0.728. The first-order valence-corrected chi connectivity index (χ1v) is 8.94. The number of benzene rings is 2. The number of nitrogens with zero attached hydrogens (tertiary/aromatic N) is 1. The van der Waals surface area contributed by atoms with Crippen molar-refractivity contribution in [2.45, 2.75) is 18.9 Å². The molecule has 2 aromatic carbocycles. The molecule has 1 aliphatic carbocycles. The summed E-state index contributed by atoms with van der Waals surface area (Å²) < 4.78 is 0. The third-order valence-corrected chi connectivity index (χ3v) is 4.37. The Balaban J connectivity index is 1.49. The number of hydrogen-bond acceptors (Lipinski definition) is 3. The molecule has 2 amide bonds. The number of rotatable bonds is 5. The van der Waals surface area contributed by atoms with E-state index in [1.807, 2.05) is 48.5 Å². The van der Waals surface area contributed by atoms with Crippen molar-refractivity contribution >= 4 is 17.5 Å². The Labute approximate surface area is 157 Å². The maximum Gasteiger partial charge on any atom is 0.274 e. The van der Waals surface area contributed by atoms with E-state index in [0.717, 1.165) is 24.1 Å². The van der Waals surface area contributed by atoms with Crippen molar-refractivity contribution in [2.24, 2.45) is 0 Å². The van der Waals surface area contributed by atoms with Crippen molar-refractivity contribution < 1.29 is 9.59 Å². The average molecular weight is 357 g/mol. The van der Waals surface area contributed by atoms with E-state index in [9.17, 15) is 9.59 Å². The molecule has 0 bridgehead atoms. The second kappa shape index (κ2) is 7.41. The van der Waals surface area contributed by atoms with Crippen molar-refractivity contribution in [2.75, 3.05) is 5.32 Å². The summed E-state index contributed by atoms with van der Waals surface area (Å²) in [5, 5.41) is 5.80. The molecular formula is C22H19N3O2. The van der Waals surface area contributed by atoms with Crippen LogP contribution in [0.15, 0.2) is 72.8 Å². The van der Waals surface area contributed by atoms with Crippen molar-refractivity contribution in [1.82, 2.24) is 10.3 Å². The van der Waals surface area contributed by atoms with Crippen LogP contribution in [0.4, 0.5) is 5.69 Å². The van der Waals surface area contributed by atoms with E-state index < -0.39 is 0 Å². The number of carbonyl (C=O) groups excluding carboxylic acids is 2. The molecule has 5 nitrogen and oxygen atoms in total. The highest BCUT2D eigenvalue weighted by Gasteiger charge is 2.23. The number of anilines is 1. The standard InChI is InChI=1S/C22H19N3O2/c26-21(23-18-13-14-18)16-11-9-15(10-12-16)19-7-4-8-20(25-19)22(27)24-17-5-2-1-3-6-17/h1-12,18H,13-14H2,(H,23,26)(H,24,27). The second-order valence-corrected chi connectivity index (χ2v) is 6.55. The first-order chi connectivity index (χ1) is 13.2. The van der Waals surface area contributed by atoms with Crippen molar-refractivity contribution in [3.63, 3.8) is 0 Å². The van der Waals surface area contributed by atoms with Crippen LogP contribution in [-0.2, 0) is 0 Å². The molecule has 1 aliphatic rings. The molecule has 5 heteroatoms. The van der Waals surface area contributed by atoms with Crippen molar-refractivity contribution in [3.05, 3.63) is 84.1 Å². The third kappa shape index (κ3) is 4.20. The Morgan fingerprint density at radius 1 is 0.815 bits per heavy atom. The average Bonchev–Trinajstić information content (AvgIpc) is 3.53. The van der Waals surface area contributed by atoms with Crippen molar-refractivity contribution in [1.29, 1.82) is 0 Å². The van der Waals surface area contributed by atoms with Crippen LogP contribution in [0.2, 0.25) is 0 Å². The largest absolute Gasteiger partial charge is 0.349 e. The number of para-hydroxylation sites is 1. The van der Waals surface area contributed by atoms with E-state index in [4.69, 9.17) is 0 Å². The molecule has 0 radical (unpaired) electrons. The van der Waals surface area contributed by atoms with Gasteiger partial charge in [0.15, 0.2) is 0 Å². The zero-order chi connectivity index (χ0) is 18.6. The fourth-order valence-corrected chi connectivity index (χ4v) is 2.73. The van der Waals surface area contributed by atoms with E-state index in [1.165, 1.54) is 0 Å². The first kappa shape index (κ1) is 17.0. The lowest BCUT2D eigenvalue weighted by Gasteiger charge is -2.07. The van der Waals surface area contributed by atoms with Gasteiger partial charge in [-0.05, 0) is 49.2 Å². The van der Waals surface area contributed by atoms with Gasteiger partial charge in [-0.25, -0.2) is 4.98 Å². The molecule has 1 heterocycles. The Morgan fingerprint density at radius 2 is 1.56 bits per heavy atom. The summed E-state index contributed by atoms with van der Waals surface area (Å²) in [7, 11) is 0. The lowest BCUT2D eigenvalue weighted by atomic mass is 10.1. The van der Waals surface area contributed by atoms with Crippen LogP contribution in [0.5, 0.6) is 0 Å². The van der Waals surface area contributed by atoms with Crippen molar-refractivity contribution in [3.8, 4) is 11.3 Å². The molecule has 3 aromatic rings. The summed E-state index contributed by atoms with van der Waals surface area (Å²) in [4.78, 5) is 29.0. The number of amides is 2. The Morgan fingerprint density at radius 3 is 2.26 bits per heavy atom. The van der Waals surface area contributed by atoms with E-state index in [2.05, 4.69) is 15.6 Å². The van der Waals surface area contributed by atoms with Crippen LogP contribution in [0.25, 0.3) is 11.3 Å². The molecule has 0 spiro atoms. The summed E-state index contributed by atoms with van der Waals surface area (Å²) in [6.07, 6.45) is 2.12. The van der Waals surface area contributed by atoms with Gasteiger partial charge in [0, 0.05) is 22.9 Å². The van der Waals surface area contributed by atoms with E-state index in [0.29, 0.717) is 23.0 Å². The van der Waals surface area contributed by atoms with Gasteiger partial charge in [0.05, 0.1) is 5.69 Å². The summed E-state index contributed by atoms with van der Waals surface area (Å²) >= 11 is 0. The van der Waals surface area contributed by atoms with Gasteiger partial charge in [0.1, 0.15) is 5.69 Å². The molecule has 1 saturated carbocycles. The molecule has 1 aromatic heterocycles. The van der Waals surface area contributed by atoms with Gasteiger partial charge >= 0.3 is 0 Å². The van der Waals surface area contributed by atoms with Crippen LogP contribution in [0, 0.1) is 0 Å². The summed E-state index contributed by atoms with van der Waals surface area (Å²) in [6.45, 7) is 0. The Bertz CT molecular complexity index is 964. The molecule has 0 atom stereocenters. The molecule has 0 aliphatic heterocycles. The lowest BCUT2D eigenvalue weighted by Crippen LogP contribution is -2.25. The van der Waals surface area contributed by atoms with Gasteiger partial charge in [-0.3, -0.25) is 9.59 Å².